The van der Waals surface area contributed by atoms with Crippen molar-refractivity contribution < 1.29 is 9.59 Å². The average Bonchev–Trinajstić information content (AvgIpc) is 3.19. The second-order valence-corrected chi connectivity index (χ2v) is 6.54. The normalized spacial score (nSPS) is 18.3. The Hall–Kier alpha value is -1.06. The quantitative estimate of drug-likeness (QED) is 0.160. The van der Waals surface area contributed by atoms with E-state index in [1.54, 1.807) is 0 Å². The lowest BCUT2D eigenvalue weighted by Gasteiger charge is -2.15. The third kappa shape index (κ3) is 7.79. The van der Waals surface area contributed by atoms with Crippen molar-refractivity contribution in [3.63, 3.8) is 0 Å². The molecule has 0 unspecified atom stereocenters. The number of hydrogen-bond acceptors (Lipinski definition) is 3. The number of imide groups is 1. The standard InChI is InChI=1S/C17H31N5O2.HI/c1-2-18-16(19-10-6-5-9-14-7-3-4-8-14)20-11-12-22-15(23)13-21-17(22)24;/h14H,2-13H2,1H3,(H,21,24)(H2,18,19,20);1H. The predicted molar refractivity (Wildman–Crippen MR) is 110 cm³/mol. The number of aliphatic imine (C=N–C) groups is 1. The second kappa shape index (κ2) is 12.3. The first-order valence-corrected chi connectivity index (χ1v) is 9.31. The molecule has 8 heteroatoms. The van der Waals surface area contributed by atoms with Crippen molar-refractivity contribution in [3.8, 4) is 0 Å². The molecule has 0 aromatic rings. The molecule has 2 rings (SSSR count). The molecular weight excluding hydrogens is 433 g/mol. The summed E-state index contributed by atoms with van der Waals surface area (Å²) in [4.78, 5) is 28.8. The summed E-state index contributed by atoms with van der Waals surface area (Å²) in [5.74, 6) is 1.53. The van der Waals surface area contributed by atoms with E-state index in [0.717, 1.165) is 31.4 Å². The maximum atomic E-state index is 11.5. The number of guanidine groups is 1. The van der Waals surface area contributed by atoms with Gasteiger partial charge < -0.3 is 16.0 Å². The Morgan fingerprint density at radius 2 is 2.00 bits per heavy atom. The predicted octanol–water partition coefficient (Wildman–Crippen LogP) is 2.07. The van der Waals surface area contributed by atoms with Crippen molar-refractivity contribution in [2.75, 3.05) is 32.7 Å². The van der Waals surface area contributed by atoms with Crippen LogP contribution >= 0.6 is 24.0 Å². The molecular formula is C17H32IN5O2. The van der Waals surface area contributed by atoms with E-state index >= 15 is 0 Å². The lowest BCUT2D eigenvalue weighted by atomic mass is 10.0. The maximum Gasteiger partial charge on any atom is 0.324 e. The van der Waals surface area contributed by atoms with Crippen molar-refractivity contribution in [1.82, 2.24) is 20.9 Å². The number of rotatable bonds is 9. The molecule has 144 valence electrons. The summed E-state index contributed by atoms with van der Waals surface area (Å²) in [5.41, 5.74) is 0. The van der Waals surface area contributed by atoms with Crippen LogP contribution in [-0.2, 0) is 4.79 Å². The van der Waals surface area contributed by atoms with E-state index in [1.165, 1.54) is 43.4 Å². The molecule has 0 bridgehead atoms. The van der Waals surface area contributed by atoms with Gasteiger partial charge in [-0.2, -0.15) is 0 Å². The molecule has 0 aromatic heterocycles. The van der Waals surface area contributed by atoms with Gasteiger partial charge in [0.15, 0.2) is 5.96 Å². The Morgan fingerprint density at radius 3 is 2.64 bits per heavy atom. The lowest BCUT2D eigenvalue weighted by molar-refractivity contribution is -0.124. The third-order valence-electron chi connectivity index (χ3n) is 4.67. The molecule has 3 N–H and O–H groups in total. The summed E-state index contributed by atoms with van der Waals surface area (Å²) in [7, 11) is 0. The van der Waals surface area contributed by atoms with Crippen LogP contribution in [0.5, 0.6) is 0 Å². The molecule has 7 nitrogen and oxygen atoms in total. The number of halogens is 1. The fourth-order valence-electron chi connectivity index (χ4n) is 3.34. The fourth-order valence-corrected chi connectivity index (χ4v) is 3.34. The van der Waals surface area contributed by atoms with Gasteiger partial charge in [-0.1, -0.05) is 38.5 Å². The van der Waals surface area contributed by atoms with Crippen LogP contribution < -0.4 is 16.0 Å². The molecule has 1 heterocycles. The minimum atomic E-state index is -0.310. The first-order valence-electron chi connectivity index (χ1n) is 9.31. The van der Waals surface area contributed by atoms with Gasteiger partial charge in [-0.25, -0.2) is 4.79 Å². The largest absolute Gasteiger partial charge is 0.357 e. The maximum absolute atomic E-state index is 11.5. The highest BCUT2D eigenvalue weighted by Crippen LogP contribution is 2.28. The van der Waals surface area contributed by atoms with Gasteiger partial charge in [-0.3, -0.25) is 14.7 Å². The smallest absolute Gasteiger partial charge is 0.324 e. The lowest BCUT2D eigenvalue weighted by Crippen LogP contribution is -2.43. The van der Waals surface area contributed by atoms with Crippen LogP contribution in [0, 0.1) is 5.92 Å². The summed E-state index contributed by atoms with van der Waals surface area (Å²) >= 11 is 0. The zero-order valence-electron chi connectivity index (χ0n) is 15.2. The summed E-state index contributed by atoms with van der Waals surface area (Å²) in [6.07, 6.45) is 9.35. The molecule has 3 amide bonds. The summed E-state index contributed by atoms with van der Waals surface area (Å²) in [6, 6.07) is -0.310. The number of nitrogens with zero attached hydrogens (tertiary/aromatic N) is 2. The summed E-state index contributed by atoms with van der Waals surface area (Å²) in [6.45, 7) is 4.59. The van der Waals surface area contributed by atoms with Gasteiger partial charge in [0.05, 0.1) is 6.54 Å². The first kappa shape index (κ1) is 22.0. The third-order valence-corrected chi connectivity index (χ3v) is 4.67. The highest BCUT2D eigenvalue weighted by molar-refractivity contribution is 14.0. The summed E-state index contributed by atoms with van der Waals surface area (Å²) in [5, 5.41) is 8.90. The van der Waals surface area contributed by atoms with Crippen LogP contribution in [0.3, 0.4) is 0 Å². The van der Waals surface area contributed by atoms with Crippen molar-refractivity contribution in [2.45, 2.75) is 51.9 Å². The van der Waals surface area contributed by atoms with Crippen molar-refractivity contribution in [2.24, 2.45) is 10.9 Å². The van der Waals surface area contributed by atoms with Crippen LogP contribution in [0.1, 0.15) is 51.9 Å². The second-order valence-electron chi connectivity index (χ2n) is 6.54. The average molecular weight is 465 g/mol. The Kier molecular flexibility index (Phi) is 10.8. The highest BCUT2D eigenvalue weighted by Gasteiger charge is 2.27. The molecule has 0 spiro atoms. The zero-order chi connectivity index (χ0) is 17.2. The van der Waals surface area contributed by atoms with E-state index < -0.39 is 0 Å². The minimum Gasteiger partial charge on any atom is -0.357 e. The van der Waals surface area contributed by atoms with Gasteiger partial charge in [-0.15, -0.1) is 24.0 Å². The Balaban J connectivity index is 0.00000312. The first-order chi connectivity index (χ1) is 11.7. The molecule has 1 saturated carbocycles. The SMILES string of the molecule is CCNC(=NCCCCC1CCCC1)NCCN1C(=O)CNC1=O.I. The van der Waals surface area contributed by atoms with Gasteiger partial charge in [0.2, 0.25) is 5.91 Å². The molecule has 2 aliphatic rings. The van der Waals surface area contributed by atoms with Crippen LogP contribution in [0.25, 0.3) is 0 Å². The van der Waals surface area contributed by atoms with Gasteiger partial charge in [0.1, 0.15) is 0 Å². The van der Waals surface area contributed by atoms with Crippen LogP contribution in [0.4, 0.5) is 4.79 Å². The van der Waals surface area contributed by atoms with Crippen LogP contribution in [0.2, 0.25) is 0 Å². The molecule has 0 atom stereocenters. The van der Waals surface area contributed by atoms with E-state index in [2.05, 4.69) is 20.9 Å². The zero-order valence-corrected chi connectivity index (χ0v) is 17.5. The van der Waals surface area contributed by atoms with Gasteiger partial charge >= 0.3 is 6.03 Å². The number of nitrogens with one attached hydrogen (secondary N) is 3. The number of hydrogen-bond donors (Lipinski definition) is 3. The molecule has 25 heavy (non-hydrogen) atoms. The number of unbranched alkanes of at least 4 members (excludes halogenated alkanes) is 1. The number of amides is 3. The minimum absolute atomic E-state index is 0. The van der Waals surface area contributed by atoms with Crippen molar-refractivity contribution >= 4 is 41.9 Å². The Morgan fingerprint density at radius 1 is 1.24 bits per heavy atom. The topological polar surface area (TPSA) is 85.8 Å². The van der Waals surface area contributed by atoms with Gasteiger partial charge in [-0.05, 0) is 19.3 Å². The van der Waals surface area contributed by atoms with E-state index in [9.17, 15) is 9.59 Å². The number of carbonyl (C=O) groups is 2. The molecule has 1 aliphatic carbocycles. The fraction of sp³-hybridized carbons (Fsp3) is 0.824. The van der Waals surface area contributed by atoms with E-state index in [4.69, 9.17) is 0 Å². The van der Waals surface area contributed by atoms with E-state index in [-0.39, 0.29) is 42.5 Å². The summed E-state index contributed by atoms with van der Waals surface area (Å²) < 4.78 is 0. The van der Waals surface area contributed by atoms with Crippen LogP contribution in [0.15, 0.2) is 4.99 Å². The number of carbonyl (C=O) groups excluding carboxylic acids is 2. The van der Waals surface area contributed by atoms with Crippen molar-refractivity contribution in [1.29, 1.82) is 0 Å². The number of urea groups is 1. The molecule has 0 radical (unpaired) electrons. The van der Waals surface area contributed by atoms with Gasteiger partial charge in [0.25, 0.3) is 0 Å². The molecule has 1 aliphatic heterocycles. The van der Waals surface area contributed by atoms with Gasteiger partial charge in [0, 0.05) is 26.2 Å². The monoisotopic (exact) mass is 465 g/mol. The molecule has 1 saturated heterocycles. The molecule has 2 fully saturated rings. The highest BCUT2D eigenvalue weighted by atomic mass is 127. The van der Waals surface area contributed by atoms with Crippen molar-refractivity contribution in [3.05, 3.63) is 0 Å². The van der Waals surface area contributed by atoms with E-state index in [0.29, 0.717) is 13.1 Å². The van der Waals surface area contributed by atoms with E-state index in [1.807, 2.05) is 6.92 Å². The Labute approximate surface area is 167 Å². The Bertz CT molecular complexity index is 436. The van der Waals surface area contributed by atoms with Crippen LogP contribution in [-0.4, -0.2) is 55.5 Å². The molecule has 0 aromatic carbocycles.